The van der Waals surface area contributed by atoms with Crippen molar-refractivity contribution in [1.82, 2.24) is 4.57 Å². The molecule has 0 amide bonds. The molecule has 0 fully saturated rings. The SMILES string of the molecule is CCCC[n+]1ccn(-c2ccc(OC)cc2)c1.[I-]. The Balaban J connectivity index is 0.00000162. The zero-order valence-corrected chi connectivity index (χ0v) is 13.0. The zero-order valence-electron chi connectivity index (χ0n) is 10.8. The van der Waals surface area contributed by atoms with Crippen molar-refractivity contribution in [2.75, 3.05) is 7.11 Å². The number of imidazole rings is 1. The van der Waals surface area contributed by atoms with E-state index in [1.807, 2.05) is 12.1 Å². The van der Waals surface area contributed by atoms with E-state index in [0.717, 1.165) is 18.0 Å². The second-order valence-corrected chi connectivity index (χ2v) is 4.11. The van der Waals surface area contributed by atoms with Gasteiger partial charge in [0.2, 0.25) is 6.33 Å². The standard InChI is InChI=1S/C14H19N2O.HI/c1-3-4-9-15-10-11-16(12-15)13-5-7-14(17-2)8-6-13;/h5-8,10-12H,3-4,9H2,1-2H3;1H/q+1;/p-1. The Hall–Kier alpha value is -1.04. The van der Waals surface area contributed by atoms with Crippen molar-refractivity contribution >= 4 is 0 Å². The fourth-order valence-electron chi connectivity index (χ4n) is 1.77. The number of halogens is 1. The Morgan fingerprint density at radius 3 is 2.56 bits per heavy atom. The summed E-state index contributed by atoms with van der Waals surface area (Å²) in [4.78, 5) is 0. The fourth-order valence-corrected chi connectivity index (χ4v) is 1.77. The smallest absolute Gasteiger partial charge is 0.248 e. The van der Waals surface area contributed by atoms with Crippen molar-refractivity contribution in [2.24, 2.45) is 0 Å². The van der Waals surface area contributed by atoms with Crippen LogP contribution in [0.15, 0.2) is 43.0 Å². The molecule has 0 saturated heterocycles. The highest BCUT2D eigenvalue weighted by Gasteiger charge is 2.05. The number of hydrogen-bond acceptors (Lipinski definition) is 1. The Labute approximate surface area is 125 Å². The highest BCUT2D eigenvalue weighted by atomic mass is 127. The molecule has 2 aromatic rings. The molecule has 0 aliphatic heterocycles. The number of benzene rings is 1. The van der Waals surface area contributed by atoms with Crippen LogP contribution in [0.25, 0.3) is 5.69 Å². The predicted molar refractivity (Wildman–Crippen MR) is 67.4 cm³/mol. The Kier molecular flexibility index (Phi) is 6.18. The first kappa shape index (κ1) is 15.0. The minimum absolute atomic E-state index is 0. The van der Waals surface area contributed by atoms with Gasteiger partial charge in [0.25, 0.3) is 0 Å². The molecule has 0 aliphatic carbocycles. The van der Waals surface area contributed by atoms with Gasteiger partial charge < -0.3 is 28.7 Å². The van der Waals surface area contributed by atoms with Crippen LogP contribution in [0.3, 0.4) is 0 Å². The van der Waals surface area contributed by atoms with E-state index >= 15 is 0 Å². The first-order chi connectivity index (χ1) is 8.33. The topological polar surface area (TPSA) is 18.0 Å². The number of methoxy groups -OCH3 is 1. The third-order valence-corrected chi connectivity index (χ3v) is 2.83. The van der Waals surface area contributed by atoms with Gasteiger partial charge in [0, 0.05) is 0 Å². The van der Waals surface area contributed by atoms with E-state index in [2.05, 4.69) is 46.9 Å². The van der Waals surface area contributed by atoms with Crippen molar-refractivity contribution < 1.29 is 33.3 Å². The maximum Gasteiger partial charge on any atom is 0.248 e. The van der Waals surface area contributed by atoms with Crippen molar-refractivity contribution in [1.29, 1.82) is 0 Å². The van der Waals surface area contributed by atoms with Gasteiger partial charge in [0.15, 0.2) is 0 Å². The monoisotopic (exact) mass is 358 g/mol. The molecule has 0 atom stereocenters. The number of hydrogen-bond donors (Lipinski definition) is 0. The zero-order chi connectivity index (χ0) is 12.1. The highest BCUT2D eigenvalue weighted by Crippen LogP contribution is 2.13. The normalized spacial score (nSPS) is 9.89. The molecule has 4 heteroatoms. The fraction of sp³-hybridized carbons (Fsp3) is 0.357. The summed E-state index contributed by atoms with van der Waals surface area (Å²) in [6, 6.07) is 8.07. The largest absolute Gasteiger partial charge is 1.00 e. The van der Waals surface area contributed by atoms with Crippen LogP contribution in [-0.2, 0) is 6.54 Å². The van der Waals surface area contributed by atoms with Crippen LogP contribution in [-0.4, -0.2) is 11.7 Å². The average Bonchev–Trinajstić information content (AvgIpc) is 2.85. The first-order valence-electron chi connectivity index (χ1n) is 6.05. The summed E-state index contributed by atoms with van der Waals surface area (Å²) < 4.78 is 9.49. The lowest BCUT2D eigenvalue weighted by molar-refractivity contribution is -0.696. The van der Waals surface area contributed by atoms with Gasteiger partial charge >= 0.3 is 0 Å². The molecule has 1 aromatic heterocycles. The molecule has 0 radical (unpaired) electrons. The van der Waals surface area contributed by atoms with Crippen molar-refractivity contribution in [3.63, 3.8) is 0 Å². The second-order valence-electron chi connectivity index (χ2n) is 4.11. The summed E-state index contributed by atoms with van der Waals surface area (Å²) in [5.74, 6) is 0.889. The molecule has 0 N–H and O–H groups in total. The minimum Gasteiger partial charge on any atom is -1.00 e. The van der Waals surface area contributed by atoms with Gasteiger partial charge in [-0.2, -0.15) is 0 Å². The number of rotatable bonds is 5. The van der Waals surface area contributed by atoms with Crippen LogP contribution < -0.4 is 33.3 Å². The molecule has 0 aliphatic rings. The van der Waals surface area contributed by atoms with Gasteiger partial charge in [-0.25, -0.2) is 9.13 Å². The molecular weight excluding hydrogens is 339 g/mol. The number of ether oxygens (including phenoxy) is 1. The van der Waals surface area contributed by atoms with Gasteiger partial charge in [-0.15, -0.1) is 0 Å². The first-order valence-corrected chi connectivity index (χ1v) is 6.05. The molecule has 18 heavy (non-hydrogen) atoms. The molecule has 98 valence electrons. The Bertz CT molecular complexity index is 465. The quantitative estimate of drug-likeness (QED) is 0.525. The number of aromatic nitrogens is 2. The Morgan fingerprint density at radius 2 is 1.94 bits per heavy atom. The molecule has 1 heterocycles. The second kappa shape index (κ2) is 7.41. The molecule has 0 spiro atoms. The van der Waals surface area contributed by atoms with Crippen LogP contribution in [0, 0.1) is 0 Å². The Morgan fingerprint density at radius 1 is 1.22 bits per heavy atom. The van der Waals surface area contributed by atoms with Crippen LogP contribution in [0.5, 0.6) is 5.75 Å². The van der Waals surface area contributed by atoms with E-state index in [-0.39, 0.29) is 24.0 Å². The summed E-state index contributed by atoms with van der Waals surface area (Å²) in [5.41, 5.74) is 1.15. The van der Waals surface area contributed by atoms with Gasteiger partial charge in [0.05, 0.1) is 13.7 Å². The molecule has 0 bridgehead atoms. The molecular formula is C14H19IN2O. The van der Waals surface area contributed by atoms with Crippen LogP contribution in [0.1, 0.15) is 19.8 Å². The molecule has 3 nitrogen and oxygen atoms in total. The lowest BCUT2D eigenvalue weighted by atomic mass is 10.3. The summed E-state index contributed by atoms with van der Waals surface area (Å²) in [6.45, 7) is 3.29. The van der Waals surface area contributed by atoms with E-state index in [4.69, 9.17) is 4.74 Å². The highest BCUT2D eigenvalue weighted by molar-refractivity contribution is 5.36. The number of nitrogens with zero attached hydrogens (tertiary/aromatic N) is 2. The minimum atomic E-state index is 0. The number of aryl methyl sites for hydroxylation is 1. The van der Waals surface area contributed by atoms with Gasteiger partial charge in [-0.3, -0.25) is 0 Å². The maximum absolute atomic E-state index is 5.15. The summed E-state index contributed by atoms with van der Waals surface area (Å²) in [7, 11) is 1.68. The summed E-state index contributed by atoms with van der Waals surface area (Å²) >= 11 is 0. The summed E-state index contributed by atoms with van der Waals surface area (Å²) in [5, 5.41) is 0. The molecule has 0 saturated carbocycles. The van der Waals surface area contributed by atoms with E-state index in [1.165, 1.54) is 12.8 Å². The van der Waals surface area contributed by atoms with Gasteiger partial charge in [-0.1, -0.05) is 13.3 Å². The summed E-state index contributed by atoms with van der Waals surface area (Å²) in [6.07, 6.45) is 8.76. The molecule has 1 aromatic carbocycles. The van der Waals surface area contributed by atoms with Gasteiger partial charge in [0.1, 0.15) is 23.8 Å². The third kappa shape index (κ3) is 3.73. The van der Waals surface area contributed by atoms with Crippen LogP contribution in [0.4, 0.5) is 0 Å². The maximum atomic E-state index is 5.15. The predicted octanol–water partition coefficient (Wildman–Crippen LogP) is -0.422. The van der Waals surface area contributed by atoms with E-state index in [9.17, 15) is 0 Å². The third-order valence-electron chi connectivity index (χ3n) is 2.83. The molecule has 0 unspecified atom stereocenters. The lowest BCUT2D eigenvalue weighted by Crippen LogP contribution is -3.00. The average molecular weight is 358 g/mol. The lowest BCUT2D eigenvalue weighted by Gasteiger charge is -1.99. The number of unbranched alkanes of at least 4 members (excludes halogenated alkanes) is 1. The van der Waals surface area contributed by atoms with E-state index in [0.29, 0.717) is 0 Å². The van der Waals surface area contributed by atoms with Crippen molar-refractivity contribution in [3.05, 3.63) is 43.0 Å². The molecule has 2 rings (SSSR count). The van der Waals surface area contributed by atoms with Crippen molar-refractivity contribution in [3.8, 4) is 11.4 Å². The van der Waals surface area contributed by atoms with E-state index in [1.54, 1.807) is 7.11 Å². The van der Waals surface area contributed by atoms with E-state index < -0.39 is 0 Å². The van der Waals surface area contributed by atoms with Crippen LogP contribution in [0.2, 0.25) is 0 Å². The van der Waals surface area contributed by atoms with Crippen LogP contribution >= 0.6 is 0 Å². The van der Waals surface area contributed by atoms with Crippen molar-refractivity contribution in [2.45, 2.75) is 26.3 Å². The van der Waals surface area contributed by atoms with Gasteiger partial charge in [-0.05, 0) is 30.7 Å².